The molecular weight excluding hydrogens is 234 g/mol. The lowest BCUT2D eigenvalue weighted by molar-refractivity contribution is 0.0526. The summed E-state index contributed by atoms with van der Waals surface area (Å²) in [4.78, 5) is 11.9. The lowest BCUT2D eigenvalue weighted by Crippen LogP contribution is -2.08. The zero-order valence-electron chi connectivity index (χ0n) is 7.95. The molecule has 0 heterocycles. The molecule has 0 amide bonds. The molecule has 0 saturated heterocycles. The number of carbonyl (C=O) groups excluding carboxylic acids is 1. The Morgan fingerprint density at radius 1 is 1.67 bits per heavy atom. The van der Waals surface area contributed by atoms with Crippen molar-refractivity contribution in [2.24, 2.45) is 0 Å². The van der Waals surface area contributed by atoms with Crippen LogP contribution in [-0.2, 0) is 4.74 Å². The lowest BCUT2D eigenvalue weighted by Gasteiger charge is -2.07. The summed E-state index contributed by atoms with van der Waals surface area (Å²) in [7, 11) is 0. The first kappa shape index (κ1) is 11.9. The molecule has 0 unspecified atom stereocenters. The van der Waals surface area contributed by atoms with Crippen LogP contribution >= 0.6 is 24.2 Å². The maximum Gasteiger partial charge on any atom is 0.341 e. The highest BCUT2D eigenvalue weighted by Crippen LogP contribution is 2.27. The molecule has 0 aliphatic carbocycles. The largest absolute Gasteiger partial charge is 0.462 e. The Bertz CT molecular complexity index is 440. The Morgan fingerprint density at radius 3 is 2.87 bits per heavy atom. The van der Waals surface area contributed by atoms with E-state index in [-0.39, 0.29) is 22.8 Å². The van der Waals surface area contributed by atoms with E-state index in [1.165, 1.54) is 6.07 Å². The SMILES string of the molecule is CCOC(=O)c1c(C#N)ccc(S)c1Cl. The molecule has 3 nitrogen and oxygen atoms in total. The third-order valence-electron chi connectivity index (χ3n) is 1.72. The smallest absolute Gasteiger partial charge is 0.341 e. The molecule has 78 valence electrons. The predicted molar refractivity (Wildman–Crippen MR) is 59.4 cm³/mol. The predicted octanol–water partition coefficient (Wildman–Crippen LogP) is 2.68. The van der Waals surface area contributed by atoms with Crippen LogP contribution in [0, 0.1) is 11.3 Å². The van der Waals surface area contributed by atoms with Gasteiger partial charge in [-0.05, 0) is 19.1 Å². The number of ether oxygens (including phenoxy) is 1. The fourth-order valence-electron chi connectivity index (χ4n) is 1.06. The van der Waals surface area contributed by atoms with Gasteiger partial charge in [0.2, 0.25) is 0 Å². The van der Waals surface area contributed by atoms with E-state index in [0.29, 0.717) is 4.90 Å². The van der Waals surface area contributed by atoms with Gasteiger partial charge in [0, 0.05) is 4.90 Å². The van der Waals surface area contributed by atoms with E-state index in [0.717, 1.165) is 0 Å². The average Bonchev–Trinajstić information content (AvgIpc) is 2.22. The molecule has 0 aromatic heterocycles. The first-order valence-corrected chi connectivity index (χ1v) is 5.03. The Balaban J connectivity index is 3.31. The molecule has 0 saturated carbocycles. The molecule has 0 atom stereocenters. The summed E-state index contributed by atoms with van der Waals surface area (Å²) in [5.41, 5.74) is 0.268. The molecule has 1 aromatic rings. The summed E-state index contributed by atoms with van der Waals surface area (Å²) in [5.74, 6) is -0.602. The average molecular weight is 242 g/mol. The van der Waals surface area contributed by atoms with Gasteiger partial charge >= 0.3 is 5.97 Å². The van der Waals surface area contributed by atoms with Crippen LogP contribution in [0.2, 0.25) is 5.02 Å². The van der Waals surface area contributed by atoms with E-state index in [2.05, 4.69) is 12.6 Å². The molecule has 15 heavy (non-hydrogen) atoms. The van der Waals surface area contributed by atoms with Crippen molar-refractivity contribution in [3.05, 3.63) is 28.3 Å². The summed E-state index contributed by atoms with van der Waals surface area (Å²) in [6.07, 6.45) is 0. The number of hydrogen-bond acceptors (Lipinski definition) is 4. The van der Waals surface area contributed by atoms with Gasteiger partial charge in [-0.2, -0.15) is 5.26 Å². The van der Waals surface area contributed by atoms with E-state index in [9.17, 15) is 4.79 Å². The molecule has 0 radical (unpaired) electrons. The molecule has 0 N–H and O–H groups in total. The van der Waals surface area contributed by atoms with Gasteiger partial charge in [-0.15, -0.1) is 12.6 Å². The molecule has 0 spiro atoms. The fourth-order valence-corrected chi connectivity index (χ4v) is 1.49. The summed E-state index contributed by atoms with van der Waals surface area (Å²) < 4.78 is 4.80. The fraction of sp³-hybridized carbons (Fsp3) is 0.200. The Morgan fingerprint density at radius 2 is 2.33 bits per heavy atom. The van der Waals surface area contributed by atoms with Gasteiger partial charge in [0.25, 0.3) is 0 Å². The number of carbonyl (C=O) groups is 1. The number of thiol groups is 1. The van der Waals surface area contributed by atoms with Crippen molar-refractivity contribution in [2.45, 2.75) is 11.8 Å². The summed E-state index contributed by atoms with van der Waals surface area (Å²) in [5, 5.41) is 8.96. The molecule has 1 rings (SSSR count). The maximum atomic E-state index is 11.5. The number of nitriles is 1. The minimum Gasteiger partial charge on any atom is -0.462 e. The Labute approximate surface area is 98.0 Å². The van der Waals surface area contributed by atoms with Crippen LogP contribution in [0.15, 0.2) is 17.0 Å². The highest BCUT2D eigenvalue weighted by atomic mass is 35.5. The standard InChI is InChI=1S/C10H8ClNO2S/c1-2-14-10(13)8-6(5-12)3-4-7(15)9(8)11/h3-4,15H,2H2,1H3. The summed E-state index contributed by atoms with van der Waals surface area (Å²) in [6, 6.07) is 4.93. The van der Waals surface area contributed by atoms with E-state index < -0.39 is 5.97 Å². The molecular formula is C10H8ClNO2S. The highest BCUT2D eigenvalue weighted by Gasteiger charge is 2.18. The van der Waals surface area contributed by atoms with Crippen molar-refractivity contribution in [3.8, 4) is 6.07 Å². The van der Waals surface area contributed by atoms with Gasteiger partial charge < -0.3 is 4.74 Å². The van der Waals surface area contributed by atoms with Crippen molar-refractivity contribution in [3.63, 3.8) is 0 Å². The van der Waals surface area contributed by atoms with Crippen LogP contribution in [0.5, 0.6) is 0 Å². The minimum atomic E-state index is -0.602. The van der Waals surface area contributed by atoms with E-state index in [1.54, 1.807) is 13.0 Å². The van der Waals surface area contributed by atoms with Crippen molar-refractivity contribution in [2.75, 3.05) is 6.61 Å². The monoisotopic (exact) mass is 241 g/mol. The Hall–Kier alpha value is -1.18. The number of rotatable bonds is 2. The van der Waals surface area contributed by atoms with Crippen LogP contribution in [0.25, 0.3) is 0 Å². The van der Waals surface area contributed by atoms with Crippen molar-refractivity contribution in [1.29, 1.82) is 5.26 Å². The van der Waals surface area contributed by atoms with E-state index in [1.807, 2.05) is 6.07 Å². The van der Waals surface area contributed by atoms with Crippen molar-refractivity contribution >= 4 is 30.2 Å². The number of benzene rings is 1. The first-order valence-electron chi connectivity index (χ1n) is 4.20. The minimum absolute atomic E-state index is 0.0773. The van der Waals surface area contributed by atoms with Crippen LogP contribution in [0.1, 0.15) is 22.8 Å². The third-order valence-corrected chi connectivity index (χ3v) is 2.62. The first-order chi connectivity index (χ1) is 7.11. The second kappa shape index (κ2) is 5.06. The topological polar surface area (TPSA) is 50.1 Å². The normalized spacial score (nSPS) is 9.47. The van der Waals surface area contributed by atoms with E-state index in [4.69, 9.17) is 21.6 Å². The number of halogens is 1. The zero-order chi connectivity index (χ0) is 11.4. The van der Waals surface area contributed by atoms with Gasteiger partial charge in [-0.1, -0.05) is 11.6 Å². The number of nitrogens with zero attached hydrogens (tertiary/aromatic N) is 1. The second-order valence-corrected chi connectivity index (χ2v) is 3.51. The molecule has 0 fully saturated rings. The van der Waals surface area contributed by atoms with Gasteiger partial charge in [0.1, 0.15) is 6.07 Å². The van der Waals surface area contributed by atoms with Crippen molar-refractivity contribution in [1.82, 2.24) is 0 Å². The molecule has 5 heteroatoms. The van der Waals surface area contributed by atoms with Crippen LogP contribution < -0.4 is 0 Å². The molecule has 0 aliphatic heterocycles. The van der Waals surface area contributed by atoms with Crippen LogP contribution in [0.3, 0.4) is 0 Å². The summed E-state index contributed by atoms with van der Waals surface area (Å²) in [6.45, 7) is 1.92. The lowest BCUT2D eigenvalue weighted by atomic mass is 10.1. The van der Waals surface area contributed by atoms with Gasteiger partial charge in [-0.3, -0.25) is 0 Å². The Kier molecular flexibility index (Phi) is 4.01. The van der Waals surface area contributed by atoms with Crippen LogP contribution in [-0.4, -0.2) is 12.6 Å². The van der Waals surface area contributed by atoms with Gasteiger partial charge in [0.15, 0.2) is 0 Å². The molecule has 0 aliphatic rings. The van der Waals surface area contributed by atoms with Crippen molar-refractivity contribution < 1.29 is 9.53 Å². The van der Waals surface area contributed by atoms with Gasteiger partial charge in [-0.25, -0.2) is 4.79 Å². The molecule has 0 bridgehead atoms. The van der Waals surface area contributed by atoms with Crippen LogP contribution in [0.4, 0.5) is 0 Å². The number of hydrogen-bond donors (Lipinski definition) is 1. The maximum absolute atomic E-state index is 11.5. The zero-order valence-corrected chi connectivity index (χ0v) is 9.60. The van der Waals surface area contributed by atoms with Gasteiger partial charge in [0.05, 0.1) is 22.8 Å². The highest BCUT2D eigenvalue weighted by molar-refractivity contribution is 7.80. The second-order valence-electron chi connectivity index (χ2n) is 2.65. The molecule has 1 aromatic carbocycles. The van der Waals surface area contributed by atoms with E-state index >= 15 is 0 Å². The number of esters is 1. The quantitative estimate of drug-likeness (QED) is 0.640. The third kappa shape index (κ3) is 2.44. The summed E-state index contributed by atoms with van der Waals surface area (Å²) >= 11 is 9.95.